The molecular formula is C30H35N5O5S2. The average Bonchev–Trinajstić information content (AvgIpc) is 3.67. The van der Waals surface area contributed by atoms with Crippen LogP contribution in [0.3, 0.4) is 0 Å². The number of fused-ring (bicyclic) bond motifs is 1. The molecular weight excluding hydrogens is 574 g/mol. The number of aryl methyl sites for hydroxylation is 2. The molecule has 4 aromatic rings. The van der Waals surface area contributed by atoms with Crippen molar-refractivity contribution < 1.29 is 22.7 Å². The first kappa shape index (κ1) is 28.9. The third-order valence-electron chi connectivity index (χ3n) is 7.78. The van der Waals surface area contributed by atoms with Gasteiger partial charge in [0.1, 0.15) is 28.4 Å². The lowest BCUT2D eigenvalue weighted by Crippen LogP contribution is -2.19. The fraction of sp³-hybridized carbons (Fsp3) is 0.467. The van der Waals surface area contributed by atoms with Gasteiger partial charge in [-0.1, -0.05) is 0 Å². The molecule has 12 heteroatoms. The highest BCUT2D eigenvalue weighted by atomic mass is 32.2. The number of imidazole rings is 1. The first-order valence-corrected chi connectivity index (χ1v) is 16.9. The van der Waals surface area contributed by atoms with Crippen LogP contribution >= 0.6 is 11.3 Å². The summed E-state index contributed by atoms with van der Waals surface area (Å²) in [6.45, 7) is 4.96. The topological polar surface area (TPSA) is 125 Å². The number of nitrogens with one attached hydrogen (secondary N) is 1. The monoisotopic (exact) mass is 609 g/mol. The van der Waals surface area contributed by atoms with Gasteiger partial charge in [-0.2, -0.15) is 0 Å². The van der Waals surface area contributed by atoms with Crippen LogP contribution in [0.2, 0.25) is 0 Å². The number of carbonyl (C=O) groups is 1. The number of anilines is 2. The fourth-order valence-electron chi connectivity index (χ4n) is 5.44. The summed E-state index contributed by atoms with van der Waals surface area (Å²) in [5.41, 5.74) is 4.42. The number of sulfone groups is 1. The quantitative estimate of drug-likeness (QED) is 0.241. The van der Waals surface area contributed by atoms with Crippen LogP contribution in [0.5, 0.6) is 0 Å². The molecule has 1 saturated carbocycles. The van der Waals surface area contributed by atoms with E-state index in [-0.39, 0.29) is 29.2 Å². The van der Waals surface area contributed by atoms with Crippen molar-refractivity contribution in [3.8, 4) is 10.6 Å². The zero-order valence-corrected chi connectivity index (χ0v) is 25.9. The Morgan fingerprint density at radius 1 is 1.12 bits per heavy atom. The molecule has 1 aliphatic heterocycles. The van der Waals surface area contributed by atoms with E-state index in [9.17, 15) is 13.2 Å². The summed E-state index contributed by atoms with van der Waals surface area (Å²) in [6, 6.07) is 7.10. The number of hydrogen-bond acceptors (Lipinski definition) is 10. The predicted molar refractivity (Wildman–Crippen MR) is 162 cm³/mol. The Hall–Kier alpha value is -3.19. The molecule has 1 aromatic carbocycles. The summed E-state index contributed by atoms with van der Waals surface area (Å²) in [5, 5.41) is 4.08. The number of thiazole rings is 1. The lowest BCUT2D eigenvalue weighted by atomic mass is 10.1. The van der Waals surface area contributed by atoms with Crippen LogP contribution in [0.15, 0.2) is 29.2 Å². The number of ether oxygens (including phenoxy) is 2. The SMILES string of the molecule is COCc1nc(-c2ccc(Nc3cc(CC(=O)C4CC4)nc4c3nc(C)n4C3CCCCO3)c(S(C)(=O)=O)c2)sc1C. The van der Waals surface area contributed by atoms with E-state index in [4.69, 9.17) is 19.4 Å². The molecule has 6 rings (SSSR count). The first-order valence-electron chi connectivity index (χ1n) is 14.2. The standard InChI is InChI=1S/C30H35N5O5S2/c1-17-24(16-39-3)34-30(41-17)20-10-11-22(26(13-20)42(4,37)38)33-23-14-21(15-25(36)19-8-9-19)32-29-28(23)31-18(2)35(29)27-7-5-6-12-40-27/h10-11,13-14,19,27H,5-9,12,15-16H2,1-4H3,(H,32,33). The van der Waals surface area contributed by atoms with Gasteiger partial charge in [-0.25, -0.2) is 23.4 Å². The molecule has 10 nitrogen and oxygen atoms in total. The summed E-state index contributed by atoms with van der Waals surface area (Å²) in [7, 11) is -2.01. The molecule has 4 heterocycles. The van der Waals surface area contributed by atoms with Crippen molar-refractivity contribution in [1.29, 1.82) is 0 Å². The number of Topliss-reactive ketones (excluding diaryl/α,β-unsaturated/α-hetero) is 1. The number of benzene rings is 1. The molecule has 1 saturated heterocycles. The van der Waals surface area contributed by atoms with Crippen molar-refractivity contribution in [3.63, 3.8) is 0 Å². The molecule has 222 valence electrons. The molecule has 0 spiro atoms. The van der Waals surface area contributed by atoms with E-state index < -0.39 is 9.84 Å². The number of ketones is 1. The molecule has 2 fully saturated rings. The summed E-state index contributed by atoms with van der Waals surface area (Å²) < 4.78 is 39.5. The highest BCUT2D eigenvalue weighted by Crippen LogP contribution is 2.37. The molecule has 2 aliphatic rings. The van der Waals surface area contributed by atoms with Crippen LogP contribution in [0.4, 0.5) is 11.4 Å². The van der Waals surface area contributed by atoms with Gasteiger partial charge in [-0.15, -0.1) is 11.3 Å². The first-order chi connectivity index (χ1) is 20.1. The Bertz CT molecular complexity index is 1770. The average molecular weight is 610 g/mol. The second-order valence-corrected chi connectivity index (χ2v) is 14.4. The second-order valence-electron chi connectivity index (χ2n) is 11.2. The number of carbonyl (C=O) groups excluding carboxylic acids is 1. The van der Waals surface area contributed by atoms with Gasteiger partial charge in [0.05, 0.1) is 34.3 Å². The van der Waals surface area contributed by atoms with Gasteiger partial charge in [0, 0.05) is 42.8 Å². The third-order valence-corrected chi connectivity index (χ3v) is 9.98. The minimum Gasteiger partial charge on any atom is -0.378 e. The zero-order valence-electron chi connectivity index (χ0n) is 24.3. The highest BCUT2D eigenvalue weighted by Gasteiger charge is 2.30. The Morgan fingerprint density at radius 2 is 1.93 bits per heavy atom. The molecule has 1 unspecified atom stereocenters. The van der Waals surface area contributed by atoms with Crippen LogP contribution < -0.4 is 5.32 Å². The molecule has 0 bridgehead atoms. The van der Waals surface area contributed by atoms with Crippen LogP contribution in [0, 0.1) is 19.8 Å². The minimum atomic E-state index is -3.63. The van der Waals surface area contributed by atoms with E-state index in [2.05, 4.69) is 10.3 Å². The van der Waals surface area contributed by atoms with Crippen molar-refractivity contribution >= 4 is 49.5 Å². The summed E-state index contributed by atoms with van der Waals surface area (Å²) in [6.07, 6.45) is 5.99. The van der Waals surface area contributed by atoms with Crippen LogP contribution in [-0.4, -0.2) is 53.7 Å². The number of aromatic nitrogens is 4. The van der Waals surface area contributed by atoms with E-state index in [1.807, 2.05) is 30.5 Å². The molecule has 0 amide bonds. The molecule has 0 radical (unpaired) electrons. The lowest BCUT2D eigenvalue weighted by Gasteiger charge is -2.25. The smallest absolute Gasteiger partial charge is 0.177 e. The zero-order chi connectivity index (χ0) is 29.6. The third kappa shape index (κ3) is 5.85. The van der Waals surface area contributed by atoms with E-state index in [0.29, 0.717) is 47.0 Å². The van der Waals surface area contributed by atoms with Crippen LogP contribution in [-0.2, 0) is 37.1 Å². The van der Waals surface area contributed by atoms with Crippen molar-refractivity contribution in [3.05, 3.63) is 46.4 Å². The predicted octanol–water partition coefficient (Wildman–Crippen LogP) is 5.69. The molecule has 1 aliphatic carbocycles. The van der Waals surface area contributed by atoms with Gasteiger partial charge in [0.25, 0.3) is 0 Å². The largest absolute Gasteiger partial charge is 0.378 e. The van der Waals surface area contributed by atoms with Gasteiger partial charge >= 0.3 is 0 Å². The van der Waals surface area contributed by atoms with Crippen molar-refractivity contribution in [2.24, 2.45) is 5.92 Å². The van der Waals surface area contributed by atoms with Crippen molar-refractivity contribution in [2.45, 2.75) is 70.1 Å². The van der Waals surface area contributed by atoms with Gasteiger partial charge in [0.15, 0.2) is 15.5 Å². The highest BCUT2D eigenvalue weighted by molar-refractivity contribution is 7.90. The maximum absolute atomic E-state index is 13.1. The number of nitrogens with zero attached hydrogens (tertiary/aromatic N) is 4. The van der Waals surface area contributed by atoms with E-state index >= 15 is 0 Å². The number of pyridine rings is 1. The molecule has 3 aromatic heterocycles. The minimum absolute atomic E-state index is 0.107. The fourth-order valence-corrected chi connectivity index (χ4v) is 7.22. The van der Waals surface area contributed by atoms with Crippen molar-refractivity contribution in [1.82, 2.24) is 19.5 Å². The Kier molecular flexibility index (Phi) is 7.90. The van der Waals surface area contributed by atoms with Gasteiger partial charge in [-0.05, 0) is 70.2 Å². The molecule has 42 heavy (non-hydrogen) atoms. The summed E-state index contributed by atoms with van der Waals surface area (Å²) >= 11 is 1.50. The Morgan fingerprint density at radius 3 is 2.62 bits per heavy atom. The maximum Gasteiger partial charge on any atom is 0.177 e. The maximum atomic E-state index is 13.1. The van der Waals surface area contributed by atoms with E-state index in [1.165, 1.54) is 17.6 Å². The lowest BCUT2D eigenvalue weighted by molar-refractivity contribution is -0.119. The molecule has 1 N–H and O–H groups in total. The van der Waals surface area contributed by atoms with Crippen molar-refractivity contribution in [2.75, 3.05) is 25.3 Å². The van der Waals surface area contributed by atoms with Gasteiger partial charge < -0.3 is 14.8 Å². The van der Waals surface area contributed by atoms with E-state index in [0.717, 1.165) is 53.5 Å². The Labute approximate surface area is 249 Å². The molecule has 1 atom stereocenters. The Balaban J connectivity index is 1.44. The second kappa shape index (κ2) is 11.5. The normalized spacial score (nSPS) is 17.6. The number of rotatable bonds is 10. The van der Waals surface area contributed by atoms with Crippen LogP contribution in [0.25, 0.3) is 21.7 Å². The van der Waals surface area contributed by atoms with E-state index in [1.54, 1.807) is 19.2 Å². The number of methoxy groups -OCH3 is 1. The van der Waals surface area contributed by atoms with Gasteiger partial charge in [-0.3, -0.25) is 9.36 Å². The number of hydrogen-bond donors (Lipinski definition) is 1. The summed E-state index contributed by atoms with van der Waals surface area (Å²) in [4.78, 5) is 28.4. The van der Waals surface area contributed by atoms with Crippen LogP contribution in [0.1, 0.15) is 60.4 Å². The van der Waals surface area contributed by atoms with Gasteiger partial charge in [0.2, 0.25) is 0 Å². The summed E-state index contributed by atoms with van der Waals surface area (Å²) in [5.74, 6) is 1.04.